The first-order valence-electron chi connectivity index (χ1n) is 10.7. The van der Waals surface area contributed by atoms with E-state index in [-0.39, 0.29) is 11.8 Å². The Morgan fingerprint density at radius 3 is 2.39 bits per heavy atom. The predicted molar refractivity (Wildman–Crippen MR) is 122 cm³/mol. The molecule has 1 saturated heterocycles. The van der Waals surface area contributed by atoms with E-state index >= 15 is 0 Å². The van der Waals surface area contributed by atoms with Crippen LogP contribution in [0.3, 0.4) is 0 Å². The molecule has 7 heteroatoms. The fraction of sp³-hybridized carbons (Fsp3) is 0.417. The van der Waals surface area contributed by atoms with Gasteiger partial charge in [-0.05, 0) is 48.2 Å². The minimum absolute atomic E-state index is 0.00534. The molecule has 2 amide bonds. The second-order valence-corrected chi connectivity index (χ2v) is 8.20. The Balaban J connectivity index is 1.39. The minimum atomic E-state index is -0.00534. The number of hydrogen-bond acceptors (Lipinski definition) is 4. The van der Waals surface area contributed by atoms with Gasteiger partial charge >= 0.3 is 0 Å². The average Bonchev–Trinajstić information content (AvgIpc) is 3.03. The molecule has 2 aromatic rings. The van der Waals surface area contributed by atoms with Crippen LogP contribution in [0.4, 0.5) is 0 Å². The van der Waals surface area contributed by atoms with Crippen LogP contribution in [0.5, 0.6) is 5.75 Å². The molecule has 0 aliphatic carbocycles. The number of carbonyl (C=O) groups is 2. The van der Waals surface area contributed by atoms with E-state index in [0.29, 0.717) is 37.6 Å². The number of nitrogens with one attached hydrogen (secondary N) is 1. The summed E-state index contributed by atoms with van der Waals surface area (Å²) in [5, 5.41) is 3.64. The van der Waals surface area contributed by atoms with E-state index in [9.17, 15) is 9.59 Å². The van der Waals surface area contributed by atoms with E-state index in [1.807, 2.05) is 53.4 Å². The first-order valence-corrected chi connectivity index (χ1v) is 11.1. The number of benzene rings is 2. The third-order valence-corrected chi connectivity index (χ3v) is 5.75. The van der Waals surface area contributed by atoms with Crippen molar-refractivity contribution in [3.8, 4) is 5.75 Å². The summed E-state index contributed by atoms with van der Waals surface area (Å²) < 4.78 is 5.17. The lowest BCUT2D eigenvalue weighted by molar-refractivity contribution is -0.131. The molecule has 1 N–H and O–H groups in total. The minimum Gasteiger partial charge on any atom is -0.497 e. The second kappa shape index (κ2) is 11.7. The molecule has 0 radical (unpaired) electrons. The van der Waals surface area contributed by atoms with Gasteiger partial charge in [0.2, 0.25) is 11.8 Å². The summed E-state index contributed by atoms with van der Waals surface area (Å²) in [6.07, 6.45) is 2.09. The Morgan fingerprint density at radius 1 is 0.968 bits per heavy atom. The van der Waals surface area contributed by atoms with Crippen LogP contribution in [0.1, 0.15) is 24.0 Å². The van der Waals surface area contributed by atoms with Crippen LogP contribution >= 0.6 is 11.6 Å². The smallest absolute Gasteiger partial charge is 0.234 e. The number of hydrogen-bond donors (Lipinski definition) is 1. The molecule has 166 valence electrons. The molecule has 0 atom stereocenters. The fourth-order valence-corrected chi connectivity index (χ4v) is 3.77. The van der Waals surface area contributed by atoms with Crippen molar-refractivity contribution in [2.24, 2.45) is 0 Å². The van der Waals surface area contributed by atoms with E-state index < -0.39 is 0 Å². The van der Waals surface area contributed by atoms with Crippen LogP contribution < -0.4 is 10.1 Å². The van der Waals surface area contributed by atoms with E-state index in [1.165, 1.54) is 0 Å². The van der Waals surface area contributed by atoms with Gasteiger partial charge in [0.05, 0.1) is 13.7 Å². The SMILES string of the molecule is COc1ccc(CCC(=O)N2CCCN(CC(=O)NCc3ccc(Cl)cc3)CC2)cc1. The molecule has 0 spiro atoms. The molecule has 1 aliphatic rings. The third kappa shape index (κ3) is 7.56. The van der Waals surface area contributed by atoms with Gasteiger partial charge < -0.3 is 15.0 Å². The number of rotatable bonds is 8. The highest BCUT2D eigenvalue weighted by Crippen LogP contribution is 2.14. The summed E-state index contributed by atoms with van der Waals surface area (Å²) >= 11 is 5.89. The number of aryl methyl sites for hydroxylation is 1. The predicted octanol–water partition coefficient (Wildman–Crippen LogP) is 3.13. The number of ether oxygens (including phenoxy) is 1. The Bertz CT molecular complexity index is 855. The Hall–Kier alpha value is -2.57. The quantitative estimate of drug-likeness (QED) is 0.680. The van der Waals surface area contributed by atoms with Gasteiger partial charge in [0.1, 0.15) is 5.75 Å². The number of nitrogens with zero attached hydrogens (tertiary/aromatic N) is 2. The highest BCUT2D eigenvalue weighted by Gasteiger charge is 2.20. The van der Waals surface area contributed by atoms with Crippen LogP contribution in [0, 0.1) is 0 Å². The summed E-state index contributed by atoms with van der Waals surface area (Å²) in [6, 6.07) is 15.3. The largest absolute Gasteiger partial charge is 0.497 e. The van der Waals surface area contributed by atoms with Crippen molar-refractivity contribution in [3.05, 3.63) is 64.7 Å². The second-order valence-electron chi connectivity index (χ2n) is 7.76. The monoisotopic (exact) mass is 443 g/mol. The third-order valence-electron chi connectivity index (χ3n) is 5.50. The zero-order valence-electron chi connectivity index (χ0n) is 18.0. The van der Waals surface area contributed by atoms with Gasteiger partial charge in [0, 0.05) is 44.2 Å². The van der Waals surface area contributed by atoms with Crippen LogP contribution in [0.15, 0.2) is 48.5 Å². The van der Waals surface area contributed by atoms with Gasteiger partial charge in [-0.15, -0.1) is 0 Å². The summed E-state index contributed by atoms with van der Waals surface area (Å²) in [6.45, 7) is 3.76. The molecule has 3 rings (SSSR count). The maximum Gasteiger partial charge on any atom is 0.234 e. The average molecular weight is 444 g/mol. The molecule has 0 bridgehead atoms. The molecule has 2 aromatic carbocycles. The lowest BCUT2D eigenvalue weighted by Gasteiger charge is -2.22. The Morgan fingerprint density at radius 2 is 1.68 bits per heavy atom. The van der Waals surface area contributed by atoms with Crippen molar-refractivity contribution in [1.29, 1.82) is 0 Å². The zero-order chi connectivity index (χ0) is 22.1. The number of carbonyl (C=O) groups excluding carboxylic acids is 2. The van der Waals surface area contributed by atoms with Crippen LogP contribution in [-0.2, 0) is 22.6 Å². The van der Waals surface area contributed by atoms with E-state index in [1.54, 1.807) is 7.11 Å². The first-order chi connectivity index (χ1) is 15.0. The maximum atomic E-state index is 12.7. The van der Waals surface area contributed by atoms with Gasteiger partial charge in [-0.2, -0.15) is 0 Å². The molecule has 0 saturated carbocycles. The molecular weight excluding hydrogens is 414 g/mol. The van der Waals surface area contributed by atoms with Crippen molar-refractivity contribution >= 4 is 23.4 Å². The fourth-order valence-electron chi connectivity index (χ4n) is 3.64. The molecule has 0 aromatic heterocycles. The highest BCUT2D eigenvalue weighted by molar-refractivity contribution is 6.30. The number of halogens is 1. The number of methoxy groups -OCH3 is 1. The van der Waals surface area contributed by atoms with Crippen LogP contribution in [0.25, 0.3) is 0 Å². The summed E-state index contributed by atoms with van der Waals surface area (Å²) in [4.78, 5) is 29.0. The first kappa shape index (κ1) is 23.1. The van der Waals surface area contributed by atoms with Crippen molar-refractivity contribution in [2.45, 2.75) is 25.8 Å². The van der Waals surface area contributed by atoms with Crippen LogP contribution in [0.2, 0.25) is 5.02 Å². The maximum absolute atomic E-state index is 12.7. The summed E-state index contributed by atoms with van der Waals surface area (Å²) in [5.41, 5.74) is 2.14. The lowest BCUT2D eigenvalue weighted by atomic mass is 10.1. The molecule has 31 heavy (non-hydrogen) atoms. The van der Waals surface area contributed by atoms with Crippen molar-refractivity contribution < 1.29 is 14.3 Å². The van der Waals surface area contributed by atoms with Gasteiger partial charge in [-0.25, -0.2) is 0 Å². The van der Waals surface area contributed by atoms with Crippen molar-refractivity contribution in [3.63, 3.8) is 0 Å². The Labute approximate surface area is 189 Å². The Kier molecular flexibility index (Phi) is 8.74. The van der Waals surface area contributed by atoms with Gasteiger partial charge in [0.15, 0.2) is 0 Å². The molecule has 1 fully saturated rings. The molecular formula is C24H30ClN3O3. The van der Waals surface area contributed by atoms with E-state index in [0.717, 1.165) is 42.8 Å². The van der Waals surface area contributed by atoms with Crippen molar-refractivity contribution in [2.75, 3.05) is 39.8 Å². The van der Waals surface area contributed by atoms with Gasteiger partial charge in [-0.1, -0.05) is 35.9 Å². The van der Waals surface area contributed by atoms with E-state index in [2.05, 4.69) is 10.2 Å². The normalized spacial score (nSPS) is 14.7. The molecule has 0 unspecified atom stereocenters. The molecule has 1 heterocycles. The lowest BCUT2D eigenvalue weighted by Crippen LogP contribution is -2.39. The summed E-state index contributed by atoms with van der Waals surface area (Å²) in [7, 11) is 1.64. The van der Waals surface area contributed by atoms with Gasteiger partial charge in [0.25, 0.3) is 0 Å². The van der Waals surface area contributed by atoms with Gasteiger partial charge in [-0.3, -0.25) is 14.5 Å². The molecule has 1 aliphatic heterocycles. The number of amides is 2. The van der Waals surface area contributed by atoms with Crippen LogP contribution in [-0.4, -0.2) is 61.4 Å². The van der Waals surface area contributed by atoms with E-state index in [4.69, 9.17) is 16.3 Å². The summed E-state index contributed by atoms with van der Waals surface area (Å²) in [5.74, 6) is 0.985. The van der Waals surface area contributed by atoms with Crippen molar-refractivity contribution in [1.82, 2.24) is 15.1 Å². The zero-order valence-corrected chi connectivity index (χ0v) is 18.7. The standard InChI is InChI=1S/C24H30ClN3O3/c1-31-22-10-5-19(6-11-22)7-12-24(30)28-14-2-13-27(15-16-28)18-23(29)26-17-20-3-8-21(25)9-4-20/h3-6,8-11H,2,7,12-18H2,1H3,(H,26,29). The topological polar surface area (TPSA) is 61.9 Å². The molecule has 6 nitrogen and oxygen atoms in total. The highest BCUT2D eigenvalue weighted by atomic mass is 35.5.